The highest BCUT2D eigenvalue weighted by molar-refractivity contribution is 5.94. The highest BCUT2D eigenvalue weighted by Gasteiger charge is 2.33. The van der Waals surface area contributed by atoms with Crippen LogP contribution in [-0.4, -0.2) is 35.0 Å². The molecule has 1 aromatic heterocycles. The van der Waals surface area contributed by atoms with E-state index in [4.69, 9.17) is 0 Å². The predicted molar refractivity (Wildman–Crippen MR) is 86.1 cm³/mol. The highest BCUT2D eigenvalue weighted by Crippen LogP contribution is 2.29. The van der Waals surface area contributed by atoms with E-state index < -0.39 is 23.6 Å². The quantitative estimate of drug-likeness (QED) is 0.847. The maximum atomic E-state index is 13.6. The van der Waals surface area contributed by atoms with Crippen LogP contribution in [0.25, 0.3) is 0 Å². The fourth-order valence-electron chi connectivity index (χ4n) is 2.84. The molecule has 0 saturated carbocycles. The molecule has 5 nitrogen and oxygen atoms in total. The summed E-state index contributed by atoms with van der Waals surface area (Å²) < 4.78 is 51.9. The third-order valence-corrected chi connectivity index (χ3v) is 4.22. The van der Waals surface area contributed by atoms with E-state index in [1.807, 2.05) is 0 Å². The second-order valence-electron chi connectivity index (χ2n) is 5.97. The normalized spacial score (nSPS) is 15.8. The first-order valence-corrected chi connectivity index (χ1v) is 8.04. The van der Waals surface area contributed by atoms with E-state index in [1.165, 1.54) is 18.2 Å². The van der Waals surface area contributed by atoms with Crippen molar-refractivity contribution >= 4 is 11.7 Å². The standard InChI is InChI=1S/C17H16F4N4O/c18-13-4-2-1-3-12(13)16(26)24-11-5-7-25(8-6-11)15-9-14(17(19,20)21)22-10-23-15/h1-4,9-11H,5-8H2,(H,24,26). The molecule has 0 radical (unpaired) electrons. The third kappa shape index (κ3) is 4.09. The summed E-state index contributed by atoms with van der Waals surface area (Å²) in [5, 5.41) is 2.77. The maximum Gasteiger partial charge on any atom is 0.433 e. The van der Waals surface area contributed by atoms with Crippen LogP contribution in [0.2, 0.25) is 0 Å². The van der Waals surface area contributed by atoms with Gasteiger partial charge in [0.15, 0.2) is 0 Å². The Balaban J connectivity index is 1.60. The molecule has 1 N–H and O–H groups in total. The van der Waals surface area contributed by atoms with Crippen molar-refractivity contribution in [2.45, 2.75) is 25.1 Å². The van der Waals surface area contributed by atoms with Crippen molar-refractivity contribution in [3.05, 3.63) is 53.7 Å². The van der Waals surface area contributed by atoms with Crippen molar-refractivity contribution < 1.29 is 22.4 Å². The molecule has 2 heterocycles. The Kier molecular flexibility index (Phi) is 5.06. The van der Waals surface area contributed by atoms with Crippen LogP contribution in [0.4, 0.5) is 23.4 Å². The van der Waals surface area contributed by atoms with Gasteiger partial charge in [-0.1, -0.05) is 12.1 Å². The van der Waals surface area contributed by atoms with Crippen LogP contribution >= 0.6 is 0 Å². The third-order valence-electron chi connectivity index (χ3n) is 4.22. The number of carbonyl (C=O) groups is 1. The van der Waals surface area contributed by atoms with E-state index in [0.29, 0.717) is 25.9 Å². The van der Waals surface area contributed by atoms with Crippen LogP contribution in [0.3, 0.4) is 0 Å². The maximum absolute atomic E-state index is 13.6. The summed E-state index contributed by atoms with van der Waals surface area (Å²) in [6.45, 7) is 0.854. The Labute approximate surface area is 147 Å². The smallest absolute Gasteiger partial charge is 0.356 e. The number of alkyl halides is 3. The van der Waals surface area contributed by atoms with Gasteiger partial charge in [0.2, 0.25) is 0 Å². The summed E-state index contributed by atoms with van der Waals surface area (Å²) in [7, 11) is 0. The minimum absolute atomic E-state index is 0.0273. The van der Waals surface area contributed by atoms with E-state index in [0.717, 1.165) is 12.4 Å². The molecule has 0 bridgehead atoms. The van der Waals surface area contributed by atoms with E-state index in [9.17, 15) is 22.4 Å². The molecule has 0 aliphatic carbocycles. The first-order valence-electron chi connectivity index (χ1n) is 8.04. The molecular formula is C17H16F4N4O. The average molecular weight is 368 g/mol. The largest absolute Gasteiger partial charge is 0.433 e. The number of nitrogens with one attached hydrogen (secondary N) is 1. The number of hydrogen-bond acceptors (Lipinski definition) is 4. The molecule has 1 aliphatic heterocycles. The zero-order chi connectivity index (χ0) is 18.7. The monoisotopic (exact) mass is 368 g/mol. The van der Waals surface area contributed by atoms with Gasteiger partial charge in [-0.25, -0.2) is 14.4 Å². The van der Waals surface area contributed by atoms with Crippen molar-refractivity contribution in [2.24, 2.45) is 0 Å². The molecule has 1 aromatic carbocycles. The Morgan fingerprint density at radius 1 is 1.15 bits per heavy atom. The Morgan fingerprint density at radius 2 is 1.85 bits per heavy atom. The second-order valence-corrected chi connectivity index (χ2v) is 5.97. The molecule has 9 heteroatoms. The number of aromatic nitrogens is 2. The predicted octanol–water partition coefficient (Wildman–Crippen LogP) is 3.03. The van der Waals surface area contributed by atoms with E-state index in [2.05, 4.69) is 15.3 Å². The Hall–Kier alpha value is -2.71. The van der Waals surface area contributed by atoms with Gasteiger partial charge in [-0.15, -0.1) is 0 Å². The van der Waals surface area contributed by atoms with Crippen molar-refractivity contribution in [3.8, 4) is 0 Å². The molecule has 2 aromatic rings. The Morgan fingerprint density at radius 3 is 2.50 bits per heavy atom. The van der Waals surface area contributed by atoms with Gasteiger partial charge in [0.05, 0.1) is 5.56 Å². The molecule has 1 aliphatic rings. The summed E-state index contributed by atoms with van der Waals surface area (Å²) in [6.07, 6.45) is -2.59. The van der Waals surface area contributed by atoms with Crippen LogP contribution in [0.15, 0.2) is 36.7 Å². The molecule has 3 rings (SSSR count). The number of piperidine rings is 1. The number of halogens is 4. The lowest BCUT2D eigenvalue weighted by Crippen LogP contribution is -2.45. The lowest BCUT2D eigenvalue weighted by molar-refractivity contribution is -0.141. The number of amides is 1. The van der Waals surface area contributed by atoms with Crippen molar-refractivity contribution in [2.75, 3.05) is 18.0 Å². The molecule has 0 unspecified atom stereocenters. The second kappa shape index (κ2) is 7.27. The minimum atomic E-state index is -4.52. The minimum Gasteiger partial charge on any atom is -0.356 e. The Bertz CT molecular complexity index is 788. The van der Waals surface area contributed by atoms with Gasteiger partial charge in [0.1, 0.15) is 23.7 Å². The lowest BCUT2D eigenvalue weighted by Gasteiger charge is -2.33. The number of rotatable bonds is 3. The molecule has 1 saturated heterocycles. The number of nitrogens with zero attached hydrogens (tertiary/aromatic N) is 3. The van der Waals surface area contributed by atoms with Crippen molar-refractivity contribution in [1.29, 1.82) is 0 Å². The van der Waals surface area contributed by atoms with Gasteiger partial charge in [-0.3, -0.25) is 4.79 Å². The summed E-state index contributed by atoms with van der Waals surface area (Å²) in [5.74, 6) is -0.891. The first-order chi connectivity index (χ1) is 12.3. The number of carbonyl (C=O) groups excluding carboxylic acids is 1. The SMILES string of the molecule is O=C(NC1CCN(c2cc(C(F)(F)F)ncn2)CC1)c1ccccc1F. The van der Waals surface area contributed by atoms with Gasteiger partial charge >= 0.3 is 6.18 Å². The molecule has 1 fully saturated rings. The molecule has 0 spiro atoms. The molecule has 138 valence electrons. The van der Waals surface area contributed by atoms with Crippen LogP contribution in [0.1, 0.15) is 28.9 Å². The van der Waals surface area contributed by atoms with E-state index in [-0.39, 0.29) is 17.4 Å². The van der Waals surface area contributed by atoms with Crippen molar-refractivity contribution in [1.82, 2.24) is 15.3 Å². The van der Waals surface area contributed by atoms with Crippen LogP contribution in [0, 0.1) is 5.82 Å². The number of benzene rings is 1. The summed E-state index contributed by atoms with van der Waals surface area (Å²) >= 11 is 0. The van der Waals surface area contributed by atoms with E-state index in [1.54, 1.807) is 11.0 Å². The summed E-state index contributed by atoms with van der Waals surface area (Å²) in [5.41, 5.74) is -1.02. The molecule has 1 amide bonds. The molecular weight excluding hydrogens is 352 g/mol. The fraction of sp³-hybridized carbons (Fsp3) is 0.353. The summed E-state index contributed by atoms with van der Waals surface area (Å²) in [6, 6.07) is 6.43. The molecule has 26 heavy (non-hydrogen) atoms. The van der Waals surface area contributed by atoms with Gasteiger partial charge < -0.3 is 10.2 Å². The lowest BCUT2D eigenvalue weighted by atomic mass is 10.0. The fourth-order valence-corrected chi connectivity index (χ4v) is 2.84. The highest BCUT2D eigenvalue weighted by atomic mass is 19.4. The van der Waals surface area contributed by atoms with Crippen LogP contribution < -0.4 is 10.2 Å². The zero-order valence-corrected chi connectivity index (χ0v) is 13.6. The topological polar surface area (TPSA) is 58.1 Å². The first kappa shape index (κ1) is 18.1. The van der Waals surface area contributed by atoms with Gasteiger partial charge in [-0.05, 0) is 25.0 Å². The summed E-state index contributed by atoms with van der Waals surface area (Å²) in [4.78, 5) is 21.0. The van der Waals surface area contributed by atoms with Gasteiger partial charge in [0.25, 0.3) is 5.91 Å². The molecule has 0 atom stereocenters. The zero-order valence-electron chi connectivity index (χ0n) is 13.6. The van der Waals surface area contributed by atoms with Crippen LogP contribution in [0.5, 0.6) is 0 Å². The van der Waals surface area contributed by atoms with Crippen molar-refractivity contribution in [3.63, 3.8) is 0 Å². The van der Waals surface area contributed by atoms with Gasteiger partial charge in [-0.2, -0.15) is 13.2 Å². The number of hydrogen-bond donors (Lipinski definition) is 1. The van der Waals surface area contributed by atoms with Crippen LogP contribution in [-0.2, 0) is 6.18 Å². The van der Waals surface area contributed by atoms with E-state index >= 15 is 0 Å². The number of anilines is 1. The van der Waals surface area contributed by atoms with Gasteiger partial charge in [0, 0.05) is 25.2 Å². The average Bonchev–Trinajstić information content (AvgIpc) is 2.62.